The Labute approximate surface area is 110 Å². The summed E-state index contributed by atoms with van der Waals surface area (Å²) in [6.07, 6.45) is 2.35. The zero-order valence-corrected chi connectivity index (χ0v) is 11.3. The van der Waals surface area contributed by atoms with Crippen molar-refractivity contribution < 1.29 is 4.74 Å². The highest BCUT2D eigenvalue weighted by Crippen LogP contribution is 2.11. The van der Waals surface area contributed by atoms with Crippen molar-refractivity contribution >= 4 is 0 Å². The second-order valence-corrected chi connectivity index (χ2v) is 4.93. The van der Waals surface area contributed by atoms with Crippen LogP contribution in [0.3, 0.4) is 0 Å². The fourth-order valence-corrected chi connectivity index (χ4v) is 2.58. The average molecular weight is 248 g/mol. The molecule has 1 saturated heterocycles. The van der Waals surface area contributed by atoms with Crippen LogP contribution in [0.5, 0.6) is 0 Å². The van der Waals surface area contributed by atoms with E-state index in [1.165, 1.54) is 18.5 Å². The normalized spacial score (nSPS) is 21.7. The van der Waals surface area contributed by atoms with Gasteiger partial charge in [0, 0.05) is 26.2 Å². The highest BCUT2D eigenvalue weighted by Gasteiger charge is 2.20. The van der Waals surface area contributed by atoms with E-state index >= 15 is 0 Å². The van der Waals surface area contributed by atoms with Crippen LogP contribution >= 0.6 is 0 Å². The Hall–Kier alpha value is -0.900. The molecule has 0 amide bonds. The van der Waals surface area contributed by atoms with Gasteiger partial charge in [-0.15, -0.1) is 0 Å². The van der Waals surface area contributed by atoms with Gasteiger partial charge in [-0.05, 0) is 31.5 Å². The minimum Gasteiger partial charge on any atom is -0.383 e. The zero-order valence-electron chi connectivity index (χ0n) is 11.3. The summed E-state index contributed by atoms with van der Waals surface area (Å²) in [6, 6.07) is 11.4. The van der Waals surface area contributed by atoms with E-state index < -0.39 is 0 Å². The highest BCUT2D eigenvalue weighted by atomic mass is 16.5. The number of nitrogens with one attached hydrogen (secondary N) is 1. The molecule has 0 aromatic heterocycles. The summed E-state index contributed by atoms with van der Waals surface area (Å²) in [6.45, 7) is 5.25. The molecule has 3 nitrogen and oxygen atoms in total. The van der Waals surface area contributed by atoms with Crippen LogP contribution in [-0.4, -0.2) is 50.8 Å². The Kier molecular flexibility index (Phi) is 5.65. The zero-order chi connectivity index (χ0) is 12.6. The van der Waals surface area contributed by atoms with Gasteiger partial charge in [0.25, 0.3) is 0 Å². The van der Waals surface area contributed by atoms with Crippen molar-refractivity contribution in [3.8, 4) is 0 Å². The molecule has 1 aliphatic heterocycles. The summed E-state index contributed by atoms with van der Waals surface area (Å²) < 4.78 is 5.22. The maximum atomic E-state index is 5.22. The van der Waals surface area contributed by atoms with Gasteiger partial charge in [0.05, 0.1) is 6.61 Å². The summed E-state index contributed by atoms with van der Waals surface area (Å²) >= 11 is 0. The van der Waals surface area contributed by atoms with Gasteiger partial charge in [-0.2, -0.15) is 0 Å². The predicted octanol–water partition coefficient (Wildman–Crippen LogP) is 1.54. The monoisotopic (exact) mass is 248 g/mol. The molecule has 0 radical (unpaired) electrons. The smallest absolute Gasteiger partial charge is 0.0589 e. The Bertz CT molecular complexity index is 329. The molecule has 0 bridgehead atoms. The molecule has 0 aliphatic carbocycles. The van der Waals surface area contributed by atoms with Gasteiger partial charge in [0.15, 0.2) is 0 Å². The van der Waals surface area contributed by atoms with E-state index in [-0.39, 0.29) is 0 Å². The Morgan fingerprint density at radius 3 is 2.94 bits per heavy atom. The molecule has 1 aromatic carbocycles. The number of hydrogen-bond acceptors (Lipinski definition) is 3. The van der Waals surface area contributed by atoms with Crippen molar-refractivity contribution in [1.82, 2.24) is 10.2 Å². The Balaban J connectivity index is 1.96. The van der Waals surface area contributed by atoms with Crippen molar-refractivity contribution in [3.63, 3.8) is 0 Å². The van der Waals surface area contributed by atoms with Crippen molar-refractivity contribution in [2.45, 2.75) is 18.9 Å². The fourth-order valence-electron chi connectivity index (χ4n) is 2.58. The van der Waals surface area contributed by atoms with E-state index in [1.54, 1.807) is 7.11 Å². The maximum absolute atomic E-state index is 5.22. The van der Waals surface area contributed by atoms with Gasteiger partial charge in [0.2, 0.25) is 0 Å². The van der Waals surface area contributed by atoms with Gasteiger partial charge in [-0.3, -0.25) is 4.90 Å². The maximum Gasteiger partial charge on any atom is 0.0589 e. The van der Waals surface area contributed by atoms with Crippen LogP contribution in [0.15, 0.2) is 30.3 Å². The van der Waals surface area contributed by atoms with Crippen molar-refractivity contribution in [2.75, 3.05) is 39.9 Å². The van der Waals surface area contributed by atoms with Crippen molar-refractivity contribution in [1.29, 1.82) is 0 Å². The molecule has 0 saturated carbocycles. The minimum absolute atomic E-state index is 0.588. The number of benzene rings is 1. The van der Waals surface area contributed by atoms with E-state index in [4.69, 9.17) is 4.74 Å². The van der Waals surface area contributed by atoms with E-state index in [0.29, 0.717) is 6.04 Å². The Morgan fingerprint density at radius 2 is 2.17 bits per heavy atom. The standard InChI is InChI=1S/C15H24N2O/c1-18-11-10-17-9-5-8-16-13-15(17)12-14-6-3-2-4-7-14/h2-4,6-7,15-16H,5,8-13H2,1H3. The quantitative estimate of drug-likeness (QED) is 0.855. The SMILES string of the molecule is COCCN1CCCNCC1Cc1ccccc1. The summed E-state index contributed by atoms with van der Waals surface area (Å²) in [7, 11) is 1.78. The van der Waals surface area contributed by atoms with Crippen molar-refractivity contribution in [3.05, 3.63) is 35.9 Å². The predicted molar refractivity (Wildman–Crippen MR) is 74.9 cm³/mol. The minimum atomic E-state index is 0.588. The van der Waals surface area contributed by atoms with E-state index in [9.17, 15) is 0 Å². The third-order valence-electron chi connectivity index (χ3n) is 3.59. The van der Waals surface area contributed by atoms with Crippen LogP contribution in [-0.2, 0) is 11.2 Å². The molecule has 1 atom stereocenters. The van der Waals surface area contributed by atoms with Crippen LogP contribution in [0.4, 0.5) is 0 Å². The molecule has 18 heavy (non-hydrogen) atoms. The number of rotatable bonds is 5. The largest absolute Gasteiger partial charge is 0.383 e. The lowest BCUT2D eigenvalue weighted by atomic mass is 10.0. The second-order valence-electron chi connectivity index (χ2n) is 4.93. The van der Waals surface area contributed by atoms with E-state index in [2.05, 4.69) is 40.5 Å². The fraction of sp³-hybridized carbons (Fsp3) is 0.600. The molecule has 1 aromatic rings. The van der Waals surface area contributed by atoms with E-state index in [1.807, 2.05) is 0 Å². The molecule has 1 heterocycles. The van der Waals surface area contributed by atoms with Gasteiger partial charge in [0.1, 0.15) is 0 Å². The lowest BCUT2D eigenvalue weighted by Gasteiger charge is -2.29. The third-order valence-corrected chi connectivity index (χ3v) is 3.59. The summed E-state index contributed by atoms with van der Waals surface area (Å²) in [5.74, 6) is 0. The number of hydrogen-bond donors (Lipinski definition) is 1. The van der Waals surface area contributed by atoms with Gasteiger partial charge >= 0.3 is 0 Å². The lowest BCUT2D eigenvalue weighted by molar-refractivity contribution is 0.124. The van der Waals surface area contributed by atoms with Crippen LogP contribution in [0, 0.1) is 0 Å². The molecule has 3 heteroatoms. The van der Waals surface area contributed by atoms with Crippen LogP contribution in [0.25, 0.3) is 0 Å². The molecular formula is C15H24N2O. The van der Waals surface area contributed by atoms with Crippen LogP contribution < -0.4 is 5.32 Å². The molecule has 2 rings (SSSR count). The molecule has 0 spiro atoms. The molecule has 100 valence electrons. The summed E-state index contributed by atoms with van der Waals surface area (Å²) in [4.78, 5) is 2.57. The second kappa shape index (κ2) is 7.52. The Morgan fingerprint density at radius 1 is 1.33 bits per heavy atom. The van der Waals surface area contributed by atoms with Gasteiger partial charge in [-0.25, -0.2) is 0 Å². The average Bonchev–Trinajstić information content (AvgIpc) is 2.63. The lowest BCUT2D eigenvalue weighted by Crippen LogP contribution is -2.42. The third kappa shape index (κ3) is 4.09. The summed E-state index contributed by atoms with van der Waals surface area (Å²) in [5.41, 5.74) is 1.42. The number of nitrogens with zero attached hydrogens (tertiary/aromatic N) is 1. The molecule has 1 fully saturated rings. The first-order valence-electron chi connectivity index (χ1n) is 6.88. The number of methoxy groups -OCH3 is 1. The van der Waals surface area contributed by atoms with Crippen molar-refractivity contribution in [2.24, 2.45) is 0 Å². The van der Waals surface area contributed by atoms with E-state index in [0.717, 1.165) is 32.7 Å². The molecule has 1 unspecified atom stereocenters. The first kappa shape index (κ1) is 13.5. The molecule has 1 N–H and O–H groups in total. The van der Waals surface area contributed by atoms with Crippen LogP contribution in [0.2, 0.25) is 0 Å². The van der Waals surface area contributed by atoms with Gasteiger partial charge < -0.3 is 10.1 Å². The first-order chi connectivity index (χ1) is 8.90. The summed E-state index contributed by atoms with van der Waals surface area (Å²) in [5, 5.41) is 3.54. The van der Waals surface area contributed by atoms with Crippen LogP contribution in [0.1, 0.15) is 12.0 Å². The topological polar surface area (TPSA) is 24.5 Å². The first-order valence-corrected chi connectivity index (χ1v) is 6.88. The van der Waals surface area contributed by atoms with Gasteiger partial charge in [-0.1, -0.05) is 30.3 Å². The molecule has 1 aliphatic rings. The highest BCUT2D eigenvalue weighted by molar-refractivity contribution is 5.16. The number of ether oxygens (including phenoxy) is 1. The molecular weight excluding hydrogens is 224 g/mol.